The van der Waals surface area contributed by atoms with Crippen molar-refractivity contribution in [1.82, 2.24) is 5.32 Å². The molecule has 0 bridgehead atoms. The van der Waals surface area contributed by atoms with Crippen LogP contribution in [0.1, 0.15) is 6.92 Å². The van der Waals surface area contributed by atoms with Crippen LogP contribution in [0.4, 0.5) is 8.78 Å². The Balaban J connectivity index is 3.61. The summed E-state index contributed by atoms with van der Waals surface area (Å²) in [7, 11) is 0. The molecule has 0 saturated carbocycles. The van der Waals surface area contributed by atoms with Gasteiger partial charge in [0, 0.05) is 5.70 Å². The van der Waals surface area contributed by atoms with Crippen LogP contribution in [0.25, 0.3) is 0 Å². The first-order valence-corrected chi connectivity index (χ1v) is 3.43. The number of allylic oxidation sites excluding steroid dienone is 1. The molecule has 0 aliphatic heterocycles. The zero-order chi connectivity index (χ0) is 9.40. The van der Waals surface area contributed by atoms with Gasteiger partial charge in [0.25, 0.3) is 12.9 Å². The highest BCUT2D eigenvalue weighted by Crippen LogP contribution is 1.93. The lowest BCUT2D eigenvalue weighted by Gasteiger charge is -2.08. The van der Waals surface area contributed by atoms with E-state index in [1.807, 2.05) is 0 Å². The highest BCUT2D eigenvalue weighted by Gasteiger charge is 2.02. The first-order chi connectivity index (χ1) is 5.70. The van der Waals surface area contributed by atoms with Crippen LogP contribution in [0.5, 0.6) is 0 Å². The van der Waals surface area contributed by atoms with Gasteiger partial charge >= 0.3 is 0 Å². The van der Waals surface area contributed by atoms with Crippen molar-refractivity contribution in [3.63, 3.8) is 0 Å². The second-order valence-electron chi connectivity index (χ2n) is 1.99. The van der Waals surface area contributed by atoms with Crippen LogP contribution < -0.4 is 5.32 Å². The summed E-state index contributed by atoms with van der Waals surface area (Å²) in [4.78, 5) is 9.74. The second kappa shape index (κ2) is 6.57. The van der Waals surface area contributed by atoms with Crippen molar-refractivity contribution in [2.45, 2.75) is 13.3 Å². The Bertz CT molecular complexity index is 159. The average Bonchev–Trinajstić information content (AvgIpc) is 2.05. The number of ether oxygens (including phenoxy) is 1. The van der Waals surface area contributed by atoms with Crippen LogP contribution in [-0.2, 0) is 9.53 Å². The molecule has 0 heterocycles. The lowest BCUT2D eigenvalue weighted by molar-refractivity contribution is -0.127. The lowest BCUT2D eigenvalue weighted by atomic mass is 10.4. The molecule has 0 fully saturated rings. The maximum atomic E-state index is 11.7. The molecule has 0 atom stereocenters. The van der Waals surface area contributed by atoms with E-state index >= 15 is 0 Å². The van der Waals surface area contributed by atoms with Gasteiger partial charge < -0.3 is 10.1 Å². The Labute approximate surface area is 69.4 Å². The van der Waals surface area contributed by atoms with Crippen molar-refractivity contribution in [3.8, 4) is 0 Å². The van der Waals surface area contributed by atoms with Gasteiger partial charge in [0.1, 0.15) is 6.61 Å². The topological polar surface area (TPSA) is 38.3 Å². The van der Waals surface area contributed by atoms with E-state index in [4.69, 9.17) is 0 Å². The van der Waals surface area contributed by atoms with E-state index < -0.39 is 13.0 Å². The molecule has 0 aromatic heterocycles. The molecule has 0 aromatic rings. The van der Waals surface area contributed by atoms with E-state index in [2.05, 4.69) is 10.1 Å². The van der Waals surface area contributed by atoms with Crippen molar-refractivity contribution in [2.24, 2.45) is 0 Å². The van der Waals surface area contributed by atoms with Gasteiger partial charge in [-0.1, -0.05) is 6.08 Å². The van der Waals surface area contributed by atoms with E-state index in [0.29, 0.717) is 5.70 Å². The summed E-state index contributed by atoms with van der Waals surface area (Å²) in [6, 6.07) is 0. The molecular formula is C7H11F2NO2. The van der Waals surface area contributed by atoms with Crippen LogP contribution in [0, 0.1) is 0 Å². The minimum atomic E-state index is -2.41. The molecule has 0 aromatic carbocycles. The monoisotopic (exact) mass is 179 g/mol. The average molecular weight is 179 g/mol. The first-order valence-electron chi connectivity index (χ1n) is 3.43. The van der Waals surface area contributed by atoms with Crippen LogP contribution in [0.3, 0.4) is 0 Å². The van der Waals surface area contributed by atoms with E-state index in [0.717, 1.165) is 0 Å². The summed E-state index contributed by atoms with van der Waals surface area (Å²) in [6.45, 7) is 1.52. The van der Waals surface area contributed by atoms with Gasteiger partial charge in [-0.05, 0) is 6.92 Å². The van der Waals surface area contributed by atoms with Gasteiger partial charge in [-0.15, -0.1) is 0 Å². The third-order valence-corrected chi connectivity index (χ3v) is 1.14. The fraction of sp³-hybridized carbons (Fsp3) is 0.571. The normalized spacial score (nSPS) is 11.5. The maximum absolute atomic E-state index is 11.7. The second-order valence-corrected chi connectivity index (χ2v) is 1.99. The van der Waals surface area contributed by atoms with Crippen molar-refractivity contribution in [3.05, 3.63) is 11.8 Å². The zero-order valence-electron chi connectivity index (χ0n) is 6.72. The Morgan fingerprint density at radius 3 is 2.75 bits per heavy atom. The van der Waals surface area contributed by atoms with Crippen molar-refractivity contribution >= 4 is 6.47 Å². The third kappa shape index (κ3) is 5.64. The SMILES string of the molecule is CC=C(COC=O)NCC(F)F. The van der Waals surface area contributed by atoms with Crippen LogP contribution in [0.15, 0.2) is 11.8 Å². The number of halogens is 2. The molecular weight excluding hydrogens is 168 g/mol. The van der Waals surface area contributed by atoms with Crippen molar-refractivity contribution in [2.75, 3.05) is 13.2 Å². The molecule has 3 nitrogen and oxygen atoms in total. The molecule has 0 saturated heterocycles. The number of carbonyl (C=O) groups is 1. The van der Waals surface area contributed by atoms with E-state index in [1.165, 1.54) is 0 Å². The van der Waals surface area contributed by atoms with Crippen molar-refractivity contribution < 1.29 is 18.3 Å². The number of nitrogens with one attached hydrogen (secondary N) is 1. The van der Waals surface area contributed by atoms with Gasteiger partial charge in [0.2, 0.25) is 0 Å². The minimum Gasteiger partial charge on any atom is -0.462 e. The number of carbonyl (C=O) groups excluding carboxylic acids is 1. The number of hydrogen-bond acceptors (Lipinski definition) is 3. The largest absolute Gasteiger partial charge is 0.462 e. The van der Waals surface area contributed by atoms with Crippen molar-refractivity contribution in [1.29, 1.82) is 0 Å². The zero-order valence-corrected chi connectivity index (χ0v) is 6.72. The molecule has 0 aliphatic rings. The molecule has 0 radical (unpaired) electrons. The quantitative estimate of drug-likeness (QED) is 0.616. The first kappa shape index (κ1) is 10.9. The molecule has 0 rings (SSSR count). The Kier molecular flexibility index (Phi) is 5.95. The Morgan fingerprint density at radius 1 is 1.67 bits per heavy atom. The van der Waals surface area contributed by atoms with Gasteiger partial charge in [-0.2, -0.15) is 0 Å². The Morgan fingerprint density at radius 2 is 2.33 bits per heavy atom. The smallest absolute Gasteiger partial charge is 0.293 e. The van der Waals surface area contributed by atoms with Crippen LogP contribution in [-0.4, -0.2) is 26.0 Å². The van der Waals surface area contributed by atoms with E-state index in [1.54, 1.807) is 13.0 Å². The summed E-state index contributed by atoms with van der Waals surface area (Å²) in [5.74, 6) is 0. The van der Waals surface area contributed by atoms with Crippen LogP contribution in [0.2, 0.25) is 0 Å². The molecule has 70 valence electrons. The van der Waals surface area contributed by atoms with E-state index in [-0.39, 0.29) is 13.1 Å². The fourth-order valence-corrected chi connectivity index (χ4v) is 0.568. The third-order valence-electron chi connectivity index (χ3n) is 1.14. The highest BCUT2D eigenvalue weighted by atomic mass is 19.3. The summed E-state index contributed by atoms with van der Waals surface area (Å²) in [5.41, 5.74) is 0.474. The minimum absolute atomic E-state index is 0.00667. The predicted molar refractivity (Wildman–Crippen MR) is 39.8 cm³/mol. The molecule has 1 N–H and O–H groups in total. The summed E-state index contributed by atoms with van der Waals surface area (Å²) in [6.07, 6.45) is -0.831. The standard InChI is InChI=1S/C7H11F2NO2/c1-2-6(4-12-5-11)10-3-7(8)9/h2,5,7,10H,3-4H2,1H3. The summed E-state index contributed by atoms with van der Waals surface area (Å²) in [5, 5.41) is 2.43. The molecule has 0 spiro atoms. The highest BCUT2D eigenvalue weighted by molar-refractivity contribution is 5.37. The van der Waals surface area contributed by atoms with Gasteiger partial charge in [-0.3, -0.25) is 4.79 Å². The molecule has 12 heavy (non-hydrogen) atoms. The van der Waals surface area contributed by atoms with E-state index in [9.17, 15) is 13.6 Å². The maximum Gasteiger partial charge on any atom is 0.293 e. The fourth-order valence-electron chi connectivity index (χ4n) is 0.568. The number of rotatable bonds is 6. The lowest BCUT2D eigenvalue weighted by Crippen LogP contribution is -2.23. The Hall–Kier alpha value is -1.13. The van der Waals surface area contributed by atoms with Gasteiger partial charge in [0.05, 0.1) is 6.54 Å². The summed E-state index contributed by atoms with van der Waals surface area (Å²) < 4.78 is 27.7. The molecule has 0 amide bonds. The van der Waals surface area contributed by atoms with Crippen LogP contribution >= 0.6 is 0 Å². The number of hydrogen-bond donors (Lipinski definition) is 1. The van der Waals surface area contributed by atoms with Gasteiger partial charge in [-0.25, -0.2) is 8.78 Å². The predicted octanol–water partition coefficient (Wildman–Crippen LogP) is 0.918. The summed E-state index contributed by atoms with van der Waals surface area (Å²) >= 11 is 0. The molecule has 0 unspecified atom stereocenters. The number of alkyl halides is 2. The molecule has 5 heteroatoms. The van der Waals surface area contributed by atoms with Gasteiger partial charge in [0.15, 0.2) is 0 Å². The molecule has 0 aliphatic carbocycles.